The summed E-state index contributed by atoms with van der Waals surface area (Å²) in [4.78, 5) is 6.11. The van der Waals surface area contributed by atoms with Crippen molar-refractivity contribution < 1.29 is 0 Å². The first-order chi connectivity index (χ1) is 8.19. The van der Waals surface area contributed by atoms with Gasteiger partial charge in [0.1, 0.15) is 0 Å². The molecule has 0 amide bonds. The molecule has 17 heavy (non-hydrogen) atoms. The van der Waals surface area contributed by atoms with E-state index in [-0.39, 0.29) is 0 Å². The summed E-state index contributed by atoms with van der Waals surface area (Å²) in [5.74, 6) is 0. The molecule has 1 heterocycles. The molecule has 0 aliphatic heterocycles. The van der Waals surface area contributed by atoms with Crippen LogP contribution in [0, 0.1) is 0 Å². The maximum absolute atomic E-state index is 6.10. The number of rotatable bonds is 3. The van der Waals surface area contributed by atoms with Crippen molar-refractivity contribution in [2.45, 2.75) is 16.3 Å². The van der Waals surface area contributed by atoms with Gasteiger partial charge in [0.25, 0.3) is 0 Å². The third-order valence-corrected chi connectivity index (χ3v) is 3.84. The van der Waals surface area contributed by atoms with Crippen LogP contribution in [0.4, 0.5) is 0 Å². The van der Waals surface area contributed by atoms with Gasteiger partial charge in [0.05, 0.1) is 10.7 Å². The molecule has 0 aliphatic carbocycles. The lowest BCUT2D eigenvalue weighted by Gasteiger charge is -2.05. The van der Waals surface area contributed by atoms with Crippen LogP contribution in [0.1, 0.15) is 5.69 Å². The third kappa shape index (κ3) is 3.36. The highest BCUT2D eigenvalue weighted by Gasteiger charge is 2.04. The molecular weight excluding hydrogens is 275 g/mol. The number of hydrogen-bond acceptors (Lipinski definition) is 3. The normalized spacial score (nSPS) is 10.5. The van der Waals surface area contributed by atoms with Gasteiger partial charge in [0, 0.05) is 27.6 Å². The summed E-state index contributed by atoms with van der Waals surface area (Å²) in [6, 6.07) is 9.27. The van der Waals surface area contributed by atoms with E-state index in [9.17, 15) is 0 Å². The van der Waals surface area contributed by atoms with Gasteiger partial charge in [0.2, 0.25) is 0 Å². The molecule has 0 saturated carbocycles. The molecule has 0 unspecified atom stereocenters. The van der Waals surface area contributed by atoms with Gasteiger partial charge >= 0.3 is 0 Å². The predicted octanol–water partition coefficient (Wildman–Crippen LogP) is 4.00. The molecule has 1 aromatic heterocycles. The SMILES string of the molecule is NCc1cc(Sc2cc(Cl)ccc2Cl)ccn1. The second-order valence-corrected chi connectivity index (χ2v) is 5.32. The number of aromatic nitrogens is 1. The van der Waals surface area contributed by atoms with E-state index in [4.69, 9.17) is 28.9 Å². The van der Waals surface area contributed by atoms with Gasteiger partial charge < -0.3 is 5.73 Å². The summed E-state index contributed by atoms with van der Waals surface area (Å²) in [6.45, 7) is 0.428. The number of nitrogens with zero attached hydrogens (tertiary/aromatic N) is 1. The van der Waals surface area contributed by atoms with Crippen LogP contribution >= 0.6 is 35.0 Å². The van der Waals surface area contributed by atoms with E-state index in [1.807, 2.05) is 18.2 Å². The van der Waals surface area contributed by atoms with Crippen molar-refractivity contribution in [2.24, 2.45) is 5.73 Å². The second kappa shape index (κ2) is 5.74. The van der Waals surface area contributed by atoms with E-state index in [1.54, 1.807) is 30.1 Å². The average molecular weight is 285 g/mol. The molecule has 0 bridgehead atoms. The smallest absolute Gasteiger partial charge is 0.0550 e. The van der Waals surface area contributed by atoms with E-state index < -0.39 is 0 Å². The summed E-state index contributed by atoms with van der Waals surface area (Å²) in [6.07, 6.45) is 1.74. The van der Waals surface area contributed by atoms with Gasteiger partial charge in [-0.15, -0.1) is 0 Å². The van der Waals surface area contributed by atoms with Crippen molar-refractivity contribution in [1.82, 2.24) is 4.98 Å². The fraction of sp³-hybridized carbons (Fsp3) is 0.0833. The Hall–Kier alpha value is -0.740. The molecule has 5 heteroatoms. The molecule has 0 saturated heterocycles. The lowest BCUT2D eigenvalue weighted by atomic mass is 10.3. The second-order valence-electron chi connectivity index (χ2n) is 3.36. The molecule has 2 N–H and O–H groups in total. The quantitative estimate of drug-likeness (QED) is 0.926. The van der Waals surface area contributed by atoms with Gasteiger partial charge in [-0.2, -0.15) is 0 Å². The number of benzene rings is 1. The van der Waals surface area contributed by atoms with Crippen LogP contribution in [0.15, 0.2) is 46.3 Å². The molecule has 2 nitrogen and oxygen atoms in total. The summed E-state index contributed by atoms with van der Waals surface area (Å²) in [7, 11) is 0. The Morgan fingerprint density at radius 2 is 2.00 bits per heavy atom. The summed E-state index contributed by atoms with van der Waals surface area (Å²) < 4.78 is 0. The van der Waals surface area contributed by atoms with Gasteiger partial charge in [-0.25, -0.2) is 0 Å². The van der Waals surface area contributed by atoms with Gasteiger partial charge in [-0.05, 0) is 30.3 Å². The maximum atomic E-state index is 6.10. The molecule has 88 valence electrons. The van der Waals surface area contributed by atoms with Gasteiger partial charge in [-0.3, -0.25) is 4.98 Å². The average Bonchev–Trinajstić information content (AvgIpc) is 2.34. The van der Waals surface area contributed by atoms with Crippen molar-refractivity contribution in [1.29, 1.82) is 0 Å². The molecule has 0 spiro atoms. The molecule has 2 aromatic rings. The first-order valence-electron chi connectivity index (χ1n) is 4.97. The van der Waals surface area contributed by atoms with Crippen molar-refractivity contribution in [2.75, 3.05) is 0 Å². The zero-order valence-corrected chi connectivity index (χ0v) is 11.2. The van der Waals surface area contributed by atoms with Crippen LogP contribution in [0.2, 0.25) is 10.0 Å². The van der Waals surface area contributed by atoms with E-state index in [2.05, 4.69) is 4.98 Å². The van der Waals surface area contributed by atoms with Crippen molar-refractivity contribution in [3.05, 3.63) is 52.3 Å². The number of hydrogen-bond donors (Lipinski definition) is 1. The Morgan fingerprint density at radius 1 is 1.18 bits per heavy atom. The van der Waals surface area contributed by atoms with Crippen LogP contribution < -0.4 is 5.73 Å². The molecular formula is C12H10Cl2N2S. The monoisotopic (exact) mass is 284 g/mol. The van der Waals surface area contributed by atoms with Crippen LogP contribution in [0.3, 0.4) is 0 Å². The highest BCUT2D eigenvalue weighted by atomic mass is 35.5. The van der Waals surface area contributed by atoms with Gasteiger partial charge in [-0.1, -0.05) is 35.0 Å². The topological polar surface area (TPSA) is 38.9 Å². The standard InChI is InChI=1S/C12H10Cl2N2S/c13-8-1-2-11(14)12(5-8)17-10-3-4-16-9(6-10)7-15/h1-6H,7,15H2. The zero-order chi connectivity index (χ0) is 12.3. The minimum Gasteiger partial charge on any atom is -0.325 e. The van der Waals surface area contributed by atoms with Crippen LogP contribution in [0.25, 0.3) is 0 Å². The van der Waals surface area contributed by atoms with Crippen molar-refractivity contribution in [3.63, 3.8) is 0 Å². The maximum Gasteiger partial charge on any atom is 0.0550 e. The van der Waals surface area contributed by atoms with Crippen molar-refractivity contribution in [3.8, 4) is 0 Å². The van der Waals surface area contributed by atoms with Crippen LogP contribution in [-0.4, -0.2) is 4.98 Å². The predicted molar refractivity (Wildman–Crippen MR) is 72.7 cm³/mol. The highest BCUT2D eigenvalue weighted by Crippen LogP contribution is 2.34. The van der Waals surface area contributed by atoms with E-state index in [0.717, 1.165) is 15.5 Å². The van der Waals surface area contributed by atoms with Gasteiger partial charge in [0.15, 0.2) is 0 Å². The number of pyridine rings is 1. The fourth-order valence-electron chi connectivity index (χ4n) is 1.31. The first kappa shape index (κ1) is 12.7. The molecule has 0 aliphatic rings. The van der Waals surface area contributed by atoms with Crippen LogP contribution in [-0.2, 0) is 6.54 Å². The fourth-order valence-corrected chi connectivity index (χ4v) is 2.71. The van der Waals surface area contributed by atoms with E-state index >= 15 is 0 Å². The lowest BCUT2D eigenvalue weighted by Crippen LogP contribution is -1.98. The van der Waals surface area contributed by atoms with E-state index in [0.29, 0.717) is 16.6 Å². The first-order valence-corrected chi connectivity index (χ1v) is 6.54. The molecule has 0 fully saturated rings. The summed E-state index contributed by atoms with van der Waals surface area (Å²) >= 11 is 13.6. The van der Waals surface area contributed by atoms with Crippen LogP contribution in [0.5, 0.6) is 0 Å². The number of nitrogens with two attached hydrogens (primary N) is 1. The van der Waals surface area contributed by atoms with E-state index in [1.165, 1.54) is 0 Å². The summed E-state index contributed by atoms with van der Waals surface area (Å²) in [5.41, 5.74) is 6.40. The minimum atomic E-state index is 0.428. The zero-order valence-electron chi connectivity index (χ0n) is 8.86. The molecule has 0 atom stereocenters. The highest BCUT2D eigenvalue weighted by molar-refractivity contribution is 7.99. The molecule has 0 radical (unpaired) electrons. The molecule has 1 aromatic carbocycles. The van der Waals surface area contributed by atoms with Crippen molar-refractivity contribution >= 4 is 35.0 Å². The Balaban J connectivity index is 2.27. The number of halogens is 2. The lowest BCUT2D eigenvalue weighted by molar-refractivity contribution is 0.976. The Bertz CT molecular complexity index is 532. The molecule has 2 rings (SSSR count). The minimum absolute atomic E-state index is 0.428. The Labute approximate surface area is 114 Å². The Morgan fingerprint density at radius 3 is 2.76 bits per heavy atom. The Kier molecular flexibility index (Phi) is 4.29. The largest absolute Gasteiger partial charge is 0.325 e. The summed E-state index contributed by atoms with van der Waals surface area (Å²) in [5, 5.41) is 1.36. The third-order valence-electron chi connectivity index (χ3n) is 2.12.